The van der Waals surface area contributed by atoms with Gasteiger partial charge in [-0.25, -0.2) is 9.78 Å². The summed E-state index contributed by atoms with van der Waals surface area (Å²) < 4.78 is 4.74. The Balaban J connectivity index is 2.47. The van der Waals surface area contributed by atoms with Crippen molar-refractivity contribution in [2.75, 3.05) is 7.11 Å². The van der Waals surface area contributed by atoms with Gasteiger partial charge in [-0.15, -0.1) is 0 Å². The van der Waals surface area contributed by atoms with Crippen LogP contribution in [0.25, 0.3) is 21.9 Å². The number of benzene rings is 1. The molecule has 3 rings (SSSR count). The Labute approximate surface area is 108 Å². The maximum absolute atomic E-state index is 11.8. The highest BCUT2D eigenvalue weighted by Gasteiger charge is 2.16. The molecule has 19 heavy (non-hydrogen) atoms. The van der Waals surface area contributed by atoms with Crippen LogP contribution in [0.3, 0.4) is 0 Å². The molecule has 2 heterocycles. The van der Waals surface area contributed by atoms with Crippen LogP contribution >= 0.6 is 0 Å². The second kappa shape index (κ2) is 4.20. The molecule has 0 bridgehead atoms. The summed E-state index contributed by atoms with van der Waals surface area (Å²) in [5.74, 6) is -0.498. The van der Waals surface area contributed by atoms with Gasteiger partial charge in [0, 0.05) is 10.9 Å². The van der Waals surface area contributed by atoms with Crippen molar-refractivity contribution in [2.24, 2.45) is 0 Å². The van der Waals surface area contributed by atoms with Crippen LogP contribution in [-0.4, -0.2) is 29.3 Å². The predicted molar refractivity (Wildman–Crippen MR) is 70.3 cm³/mol. The van der Waals surface area contributed by atoms with Gasteiger partial charge >= 0.3 is 5.97 Å². The van der Waals surface area contributed by atoms with Crippen LogP contribution in [0, 0.1) is 0 Å². The van der Waals surface area contributed by atoms with Gasteiger partial charge in [0.15, 0.2) is 6.29 Å². The molecular formula is C14H10N2O3. The first-order valence-corrected chi connectivity index (χ1v) is 5.69. The molecule has 94 valence electrons. The van der Waals surface area contributed by atoms with Gasteiger partial charge in [-0.3, -0.25) is 4.79 Å². The van der Waals surface area contributed by atoms with Crippen LogP contribution in [0.4, 0.5) is 0 Å². The molecule has 0 saturated carbocycles. The van der Waals surface area contributed by atoms with Crippen LogP contribution in [0.15, 0.2) is 30.3 Å². The molecule has 1 N–H and O–H groups in total. The highest BCUT2D eigenvalue weighted by molar-refractivity contribution is 6.12. The number of rotatable bonds is 2. The standard InChI is InChI=1S/C14H10N2O3/c1-19-14(18)10-6-8(7-17)15-12-9-4-2-3-5-11(9)16-13(10)12/h2-7,16H,1H3. The van der Waals surface area contributed by atoms with E-state index in [0.29, 0.717) is 22.9 Å². The number of hydrogen-bond donors (Lipinski definition) is 1. The SMILES string of the molecule is COC(=O)c1cc(C=O)nc2c1[nH]c1ccccc12. The smallest absolute Gasteiger partial charge is 0.340 e. The number of aromatic amines is 1. The van der Waals surface area contributed by atoms with E-state index >= 15 is 0 Å². The number of esters is 1. The zero-order valence-corrected chi connectivity index (χ0v) is 10.1. The zero-order valence-electron chi connectivity index (χ0n) is 10.1. The van der Waals surface area contributed by atoms with Crippen molar-refractivity contribution < 1.29 is 14.3 Å². The van der Waals surface area contributed by atoms with E-state index in [1.165, 1.54) is 13.2 Å². The Morgan fingerprint density at radius 2 is 2.16 bits per heavy atom. The first-order chi connectivity index (χ1) is 9.24. The lowest BCUT2D eigenvalue weighted by Crippen LogP contribution is -2.04. The molecule has 2 aromatic heterocycles. The molecule has 0 spiro atoms. The monoisotopic (exact) mass is 254 g/mol. The van der Waals surface area contributed by atoms with Crippen molar-refractivity contribution in [3.8, 4) is 0 Å². The molecule has 0 aliphatic heterocycles. The average molecular weight is 254 g/mol. The lowest BCUT2D eigenvalue weighted by Gasteiger charge is -2.01. The van der Waals surface area contributed by atoms with Gasteiger partial charge in [0.1, 0.15) is 5.69 Å². The van der Waals surface area contributed by atoms with E-state index in [1.54, 1.807) is 0 Å². The van der Waals surface area contributed by atoms with Gasteiger partial charge in [0.05, 0.1) is 23.7 Å². The molecular weight excluding hydrogens is 244 g/mol. The molecule has 0 amide bonds. The number of aldehydes is 1. The van der Waals surface area contributed by atoms with E-state index in [1.807, 2.05) is 24.3 Å². The van der Waals surface area contributed by atoms with E-state index in [0.717, 1.165) is 10.9 Å². The molecule has 0 radical (unpaired) electrons. The Morgan fingerprint density at radius 3 is 2.89 bits per heavy atom. The summed E-state index contributed by atoms with van der Waals surface area (Å²) in [5, 5.41) is 0.867. The number of hydrogen-bond acceptors (Lipinski definition) is 4. The number of ether oxygens (including phenoxy) is 1. The summed E-state index contributed by atoms with van der Waals surface area (Å²) >= 11 is 0. The summed E-state index contributed by atoms with van der Waals surface area (Å²) in [6, 6.07) is 8.96. The average Bonchev–Trinajstić information content (AvgIpc) is 2.84. The normalized spacial score (nSPS) is 10.8. The summed E-state index contributed by atoms with van der Waals surface area (Å²) in [6.07, 6.45) is 0.619. The van der Waals surface area contributed by atoms with Gasteiger partial charge in [0.2, 0.25) is 0 Å². The van der Waals surface area contributed by atoms with Crippen molar-refractivity contribution in [2.45, 2.75) is 0 Å². The lowest BCUT2D eigenvalue weighted by atomic mass is 10.1. The highest BCUT2D eigenvalue weighted by atomic mass is 16.5. The molecule has 0 aliphatic carbocycles. The van der Waals surface area contributed by atoms with Crippen LogP contribution in [0.5, 0.6) is 0 Å². The number of methoxy groups -OCH3 is 1. The molecule has 0 aliphatic rings. The Morgan fingerprint density at radius 1 is 1.37 bits per heavy atom. The number of pyridine rings is 1. The van der Waals surface area contributed by atoms with Gasteiger partial charge < -0.3 is 9.72 Å². The molecule has 0 atom stereocenters. The number of aromatic nitrogens is 2. The molecule has 0 saturated heterocycles. The first kappa shape index (κ1) is 11.4. The quantitative estimate of drug-likeness (QED) is 0.562. The third-order valence-electron chi connectivity index (χ3n) is 3.01. The predicted octanol–water partition coefficient (Wildman–Crippen LogP) is 2.32. The van der Waals surface area contributed by atoms with E-state index in [4.69, 9.17) is 4.74 Å². The number of para-hydroxylation sites is 1. The third-order valence-corrected chi connectivity index (χ3v) is 3.01. The van der Waals surface area contributed by atoms with Crippen LogP contribution < -0.4 is 0 Å². The van der Waals surface area contributed by atoms with Gasteiger partial charge in [-0.1, -0.05) is 18.2 Å². The molecule has 1 aromatic carbocycles. The summed E-state index contributed by atoms with van der Waals surface area (Å²) in [5.41, 5.74) is 2.56. The molecule has 3 aromatic rings. The van der Waals surface area contributed by atoms with Crippen molar-refractivity contribution >= 4 is 34.2 Å². The fraction of sp³-hybridized carbons (Fsp3) is 0.0714. The van der Waals surface area contributed by atoms with E-state index in [-0.39, 0.29) is 5.69 Å². The van der Waals surface area contributed by atoms with Crippen LogP contribution in [0.1, 0.15) is 20.8 Å². The lowest BCUT2D eigenvalue weighted by molar-refractivity contribution is 0.0602. The van der Waals surface area contributed by atoms with E-state index in [2.05, 4.69) is 9.97 Å². The largest absolute Gasteiger partial charge is 0.465 e. The fourth-order valence-electron chi connectivity index (χ4n) is 2.15. The fourth-order valence-corrected chi connectivity index (χ4v) is 2.15. The minimum atomic E-state index is -0.498. The maximum atomic E-state index is 11.8. The van der Waals surface area contributed by atoms with Crippen molar-refractivity contribution in [3.05, 3.63) is 41.6 Å². The summed E-state index contributed by atoms with van der Waals surface area (Å²) in [4.78, 5) is 30.1. The Bertz CT molecular complexity index is 805. The second-order valence-corrected chi connectivity index (χ2v) is 4.10. The Hall–Kier alpha value is -2.69. The number of nitrogens with one attached hydrogen (secondary N) is 1. The first-order valence-electron chi connectivity index (χ1n) is 5.69. The molecule has 5 heteroatoms. The Kier molecular flexibility index (Phi) is 2.52. The number of fused-ring (bicyclic) bond motifs is 3. The number of H-pyrrole nitrogens is 1. The number of carbonyl (C=O) groups is 2. The molecule has 0 fully saturated rings. The van der Waals surface area contributed by atoms with Crippen molar-refractivity contribution in [3.63, 3.8) is 0 Å². The van der Waals surface area contributed by atoms with Crippen molar-refractivity contribution in [1.82, 2.24) is 9.97 Å². The minimum absolute atomic E-state index is 0.206. The molecule has 5 nitrogen and oxygen atoms in total. The van der Waals surface area contributed by atoms with Crippen LogP contribution in [-0.2, 0) is 4.74 Å². The number of nitrogens with zero attached hydrogens (tertiary/aromatic N) is 1. The van der Waals surface area contributed by atoms with Crippen LogP contribution in [0.2, 0.25) is 0 Å². The summed E-state index contributed by atoms with van der Waals surface area (Å²) in [6.45, 7) is 0. The second-order valence-electron chi connectivity index (χ2n) is 4.10. The van der Waals surface area contributed by atoms with Gasteiger partial charge in [-0.2, -0.15) is 0 Å². The van der Waals surface area contributed by atoms with Crippen molar-refractivity contribution in [1.29, 1.82) is 0 Å². The molecule has 0 unspecified atom stereocenters. The zero-order chi connectivity index (χ0) is 13.4. The van der Waals surface area contributed by atoms with Gasteiger partial charge in [0.25, 0.3) is 0 Å². The summed E-state index contributed by atoms with van der Waals surface area (Å²) in [7, 11) is 1.30. The third kappa shape index (κ3) is 1.67. The van der Waals surface area contributed by atoms with E-state index < -0.39 is 5.97 Å². The highest BCUT2D eigenvalue weighted by Crippen LogP contribution is 2.26. The minimum Gasteiger partial charge on any atom is -0.465 e. The number of carbonyl (C=O) groups excluding carboxylic acids is 2. The van der Waals surface area contributed by atoms with Gasteiger partial charge in [-0.05, 0) is 12.1 Å². The van der Waals surface area contributed by atoms with E-state index in [9.17, 15) is 9.59 Å². The topological polar surface area (TPSA) is 72.1 Å². The maximum Gasteiger partial charge on any atom is 0.340 e.